The fourth-order valence-corrected chi connectivity index (χ4v) is 0.938. The molecule has 0 saturated heterocycles. The van der Waals surface area contributed by atoms with E-state index in [9.17, 15) is 4.79 Å². The molecule has 0 bridgehead atoms. The molecule has 1 aromatic rings. The molecule has 66 valence electrons. The fraction of sp³-hybridized carbons (Fsp3) is 0.429. The van der Waals surface area contributed by atoms with Gasteiger partial charge in [0.15, 0.2) is 0 Å². The van der Waals surface area contributed by atoms with Crippen molar-refractivity contribution < 1.29 is 9.90 Å². The minimum absolute atomic E-state index is 0.180. The first kappa shape index (κ1) is 8.58. The van der Waals surface area contributed by atoms with Crippen LogP contribution >= 0.6 is 0 Å². The summed E-state index contributed by atoms with van der Waals surface area (Å²) in [5.74, 6) is -0.515. The van der Waals surface area contributed by atoms with Crippen LogP contribution in [0.2, 0.25) is 0 Å². The van der Waals surface area contributed by atoms with Gasteiger partial charge in [0.25, 0.3) is 0 Å². The molecule has 0 aliphatic heterocycles. The van der Waals surface area contributed by atoms with Crippen molar-refractivity contribution in [3.8, 4) is 0 Å². The number of aryl methyl sites for hydroxylation is 1. The number of aliphatic carboxylic acids is 1. The Bertz CT molecular complexity index is 317. The van der Waals surface area contributed by atoms with E-state index in [1.807, 2.05) is 6.92 Å². The molecule has 1 heterocycles. The number of anilines is 1. The van der Waals surface area contributed by atoms with Gasteiger partial charge >= 0.3 is 5.97 Å². The number of carboxylic acid groups (broad SMARTS) is 1. The summed E-state index contributed by atoms with van der Waals surface area (Å²) >= 11 is 0. The van der Waals surface area contributed by atoms with Crippen LogP contribution in [0.1, 0.15) is 11.3 Å². The maximum Gasteiger partial charge on any atom is 0.325 e. The summed E-state index contributed by atoms with van der Waals surface area (Å²) in [5.41, 5.74) is 7.20. The van der Waals surface area contributed by atoms with Crippen LogP contribution in [0.5, 0.6) is 0 Å². The average molecular weight is 169 g/mol. The van der Waals surface area contributed by atoms with Gasteiger partial charge in [-0.2, -0.15) is 5.10 Å². The molecular formula is C7H11N3O2. The Kier molecular flexibility index (Phi) is 2.03. The summed E-state index contributed by atoms with van der Waals surface area (Å²) < 4.78 is 1.28. The van der Waals surface area contributed by atoms with E-state index in [1.54, 1.807) is 6.92 Å². The monoisotopic (exact) mass is 169 g/mol. The molecule has 0 fully saturated rings. The quantitative estimate of drug-likeness (QED) is 0.661. The third-order valence-electron chi connectivity index (χ3n) is 1.76. The topological polar surface area (TPSA) is 81.1 Å². The van der Waals surface area contributed by atoms with Gasteiger partial charge in [0, 0.05) is 5.56 Å². The van der Waals surface area contributed by atoms with Crippen molar-refractivity contribution in [2.75, 3.05) is 5.73 Å². The van der Waals surface area contributed by atoms with Crippen LogP contribution in [-0.4, -0.2) is 20.9 Å². The molecule has 5 heteroatoms. The van der Waals surface area contributed by atoms with Crippen LogP contribution in [0.4, 0.5) is 5.82 Å². The van der Waals surface area contributed by atoms with Crippen LogP contribution in [0.15, 0.2) is 0 Å². The van der Waals surface area contributed by atoms with Gasteiger partial charge in [-0.3, -0.25) is 4.79 Å². The molecule has 0 saturated carbocycles. The normalized spacial score (nSPS) is 10.2. The van der Waals surface area contributed by atoms with Gasteiger partial charge in [0.1, 0.15) is 12.4 Å². The molecule has 0 aliphatic rings. The number of hydrogen-bond acceptors (Lipinski definition) is 3. The van der Waals surface area contributed by atoms with Crippen LogP contribution in [0.3, 0.4) is 0 Å². The van der Waals surface area contributed by atoms with E-state index < -0.39 is 5.97 Å². The maximum atomic E-state index is 10.3. The van der Waals surface area contributed by atoms with Crippen LogP contribution in [0.25, 0.3) is 0 Å². The molecule has 1 rings (SSSR count). The highest BCUT2D eigenvalue weighted by molar-refractivity contribution is 5.67. The standard InChI is InChI=1S/C7H11N3O2/c1-4-5(2)9-10(7(4)8)3-6(11)12/h3,8H2,1-2H3,(H,11,12). The summed E-state index contributed by atoms with van der Waals surface area (Å²) in [7, 11) is 0. The Labute approximate surface area is 69.8 Å². The van der Waals surface area contributed by atoms with Gasteiger partial charge in [-0.1, -0.05) is 0 Å². The second kappa shape index (κ2) is 2.84. The summed E-state index contributed by atoms with van der Waals surface area (Å²) in [6.45, 7) is 3.43. The number of rotatable bonds is 2. The highest BCUT2D eigenvalue weighted by Gasteiger charge is 2.09. The maximum absolute atomic E-state index is 10.3. The second-order valence-corrected chi connectivity index (χ2v) is 2.65. The van der Waals surface area contributed by atoms with Gasteiger partial charge in [0.05, 0.1) is 5.69 Å². The molecule has 0 spiro atoms. The summed E-state index contributed by atoms with van der Waals surface area (Å²) in [6, 6.07) is 0. The molecule has 0 aromatic carbocycles. The summed E-state index contributed by atoms with van der Waals surface area (Å²) in [6.07, 6.45) is 0. The van der Waals surface area contributed by atoms with Gasteiger partial charge < -0.3 is 10.8 Å². The molecular weight excluding hydrogens is 158 g/mol. The minimum Gasteiger partial charge on any atom is -0.480 e. The predicted molar refractivity (Wildman–Crippen MR) is 43.7 cm³/mol. The van der Waals surface area contributed by atoms with Crippen molar-refractivity contribution in [1.82, 2.24) is 9.78 Å². The SMILES string of the molecule is Cc1nn(CC(=O)O)c(N)c1C. The summed E-state index contributed by atoms with van der Waals surface area (Å²) in [5, 5.41) is 12.4. The smallest absolute Gasteiger partial charge is 0.325 e. The number of nitrogens with zero attached hydrogens (tertiary/aromatic N) is 2. The lowest BCUT2D eigenvalue weighted by molar-refractivity contribution is -0.137. The third kappa shape index (κ3) is 1.39. The Balaban J connectivity index is 3.01. The highest BCUT2D eigenvalue weighted by Crippen LogP contribution is 2.13. The molecule has 3 N–H and O–H groups in total. The number of hydrogen-bond donors (Lipinski definition) is 2. The zero-order chi connectivity index (χ0) is 9.30. The summed E-state index contributed by atoms with van der Waals surface area (Å²) in [4.78, 5) is 10.3. The first-order chi connectivity index (χ1) is 5.52. The van der Waals surface area contributed by atoms with E-state index in [0.29, 0.717) is 5.82 Å². The van der Waals surface area contributed by atoms with Crippen molar-refractivity contribution in [1.29, 1.82) is 0 Å². The number of nitrogen functional groups attached to an aromatic ring is 1. The van der Waals surface area contributed by atoms with Crippen molar-refractivity contribution in [2.24, 2.45) is 0 Å². The zero-order valence-electron chi connectivity index (χ0n) is 7.03. The van der Waals surface area contributed by atoms with Crippen molar-refractivity contribution in [2.45, 2.75) is 20.4 Å². The lowest BCUT2D eigenvalue weighted by atomic mass is 10.3. The fourth-order valence-electron chi connectivity index (χ4n) is 0.938. The molecule has 12 heavy (non-hydrogen) atoms. The Morgan fingerprint density at radius 1 is 1.67 bits per heavy atom. The number of carbonyl (C=O) groups is 1. The molecule has 1 aromatic heterocycles. The van der Waals surface area contributed by atoms with Gasteiger partial charge in [-0.15, -0.1) is 0 Å². The molecule has 0 amide bonds. The predicted octanol–water partition coefficient (Wildman–Crippen LogP) is 0.167. The first-order valence-electron chi connectivity index (χ1n) is 3.53. The van der Waals surface area contributed by atoms with Crippen molar-refractivity contribution in [3.63, 3.8) is 0 Å². The van der Waals surface area contributed by atoms with E-state index in [4.69, 9.17) is 10.8 Å². The Morgan fingerprint density at radius 3 is 2.58 bits per heavy atom. The van der Waals surface area contributed by atoms with Crippen molar-refractivity contribution >= 4 is 11.8 Å². The largest absolute Gasteiger partial charge is 0.480 e. The minimum atomic E-state index is -0.941. The highest BCUT2D eigenvalue weighted by atomic mass is 16.4. The van der Waals surface area contributed by atoms with Crippen LogP contribution in [0, 0.1) is 13.8 Å². The van der Waals surface area contributed by atoms with Crippen molar-refractivity contribution in [3.05, 3.63) is 11.3 Å². The number of carboxylic acids is 1. The molecule has 5 nitrogen and oxygen atoms in total. The lowest BCUT2D eigenvalue weighted by Crippen LogP contribution is -2.12. The molecule has 0 atom stereocenters. The number of aromatic nitrogens is 2. The number of nitrogens with two attached hydrogens (primary N) is 1. The van der Waals surface area contributed by atoms with Gasteiger partial charge in [-0.25, -0.2) is 4.68 Å². The third-order valence-corrected chi connectivity index (χ3v) is 1.76. The van der Waals surface area contributed by atoms with E-state index in [1.165, 1.54) is 4.68 Å². The average Bonchev–Trinajstić information content (AvgIpc) is 2.17. The Hall–Kier alpha value is -1.52. The van der Waals surface area contributed by atoms with Gasteiger partial charge in [-0.05, 0) is 13.8 Å². The zero-order valence-corrected chi connectivity index (χ0v) is 7.03. The van der Waals surface area contributed by atoms with E-state index in [2.05, 4.69) is 5.10 Å². The van der Waals surface area contributed by atoms with Crippen LogP contribution in [-0.2, 0) is 11.3 Å². The molecule has 0 aliphatic carbocycles. The van der Waals surface area contributed by atoms with E-state index >= 15 is 0 Å². The lowest BCUT2D eigenvalue weighted by Gasteiger charge is -1.98. The molecule has 0 radical (unpaired) electrons. The Morgan fingerprint density at radius 2 is 2.25 bits per heavy atom. The van der Waals surface area contributed by atoms with E-state index in [-0.39, 0.29) is 6.54 Å². The van der Waals surface area contributed by atoms with E-state index in [0.717, 1.165) is 11.3 Å². The van der Waals surface area contributed by atoms with Crippen LogP contribution < -0.4 is 5.73 Å². The molecule has 0 unspecified atom stereocenters. The second-order valence-electron chi connectivity index (χ2n) is 2.65. The van der Waals surface area contributed by atoms with Gasteiger partial charge in [0.2, 0.25) is 0 Å². The first-order valence-corrected chi connectivity index (χ1v) is 3.53.